The Labute approximate surface area is 216 Å². The van der Waals surface area contributed by atoms with E-state index >= 15 is 0 Å². The second-order valence-corrected chi connectivity index (χ2v) is 8.99. The number of nitrogens with zero attached hydrogens (tertiary/aromatic N) is 5. The Bertz CT molecular complexity index is 1230. The van der Waals surface area contributed by atoms with Gasteiger partial charge < -0.3 is 23.7 Å². The van der Waals surface area contributed by atoms with Gasteiger partial charge in [0, 0.05) is 18.4 Å². The summed E-state index contributed by atoms with van der Waals surface area (Å²) in [5.41, 5.74) is 0.585. The second kappa shape index (κ2) is 12.3. The molecule has 1 aliphatic rings. The SMILES string of the molecule is COc1cnc([C@H](Cc2nnc([C@@H]3COCCO3)n2-c2c(OC)cccc2OC)[C@@H](C)N[SH](=O)=O)nc1. The van der Waals surface area contributed by atoms with E-state index in [0.717, 1.165) is 0 Å². The van der Waals surface area contributed by atoms with Gasteiger partial charge in [0.2, 0.25) is 10.9 Å². The van der Waals surface area contributed by atoms with Crippen LogP contribution in [-0.2, 0) is 26.8 Å². The molecule has 0 spiro atoms. The van der Waals surface area contributed by atoms with Crippen molar-refractivity contribution in [3.63, 3.8) is 0 Å². The van der Waals surface area contributed by atoms with Crippen molar-refractivity contribution >= 4 is 10.9 Å². The van der Waals surface area contributed by atoms with Crippen LogP contribution in [0, 0.1) is 0 Å². The van der Waals surface area contributed by atoms with Crippen LogP contribution in [0.25, 0.3) is 5.69 Å². The zero-order chi connectivity index (χ0) is 26.4. The highest BCUT2D eigenvalue weighted by Crippen LogP contribution is 2.37. The van der Waals surface area contributed by atoms with Crippen LogP contribution in [0.3, 0.4) is 0 Å². The predicted molar refractivity (Wildman–Crippen MR) is 132 cm³/mol. The summed E-state index contributed by atoms with van der Waals surface area (Å²) in [6.07, 6.45) is 2.82. The summed E-state index contributed by atoms with van der Waals surface area (Å²) >= 11 is 0. The predicted octanol–water partition coefficient (Wildman–Crippen LogP) is 1.00. The summed E-state index contributed by atoms with van der Waals surface area (Å²) in [7, 11) is 1.77. The fourth-order valence-electron chi connectivity index (χ4n) is 4.17. The van der Waals surface area contributed by atoms with Gasteiger partial charge in [0.1, 0.15) is 34.9 Å². The fourth-order valence-corrected chi connectivity index (χ4v) is 4.68. The molecule has 0 aliphatic carbocycles. The number of nitrogens with one attached hydrogen (secondary N) is 1. The van der Waals surface area contributed by atoms with Crippen LogP contribution in [-0.4, -0.2) is 80.3 Å². The topological polar surface area (TPSA) is 149 Å². The highest BCUT2D eigenvalue weighted by atomic mass is 32.2. The average molecular weight is 535 g/mol. The van der Waals surface area contributed by atoms with Crippen molar-refractivity contribution in [2.75, 3.05) is 41.2 Å². The van der Waals surface area contributed by atoms with Gasteiger partial charge in [-0.2, -0.15) is 0 Å². The van der Waals surface area contributed by atoms with Gasteiger partial charge in [-0.1, -0.05) is 6.07 Å². The number of thiol groups is 1. The molecule has 1 N–H and O–H groups in total. The lowest BCUT2D eigenvalue weighted by molar-refractivity contribution is -0.0942. The molecule has 3 aromatic rings. The number of methoxy groups -OCH3 is 3. The van der Waals surface area contributed by atoms with Crippen molar-refractivity contribution in [1.82, 2.24) is 29.5 Å². The third-order valence-electron chi connectivity index (χ3n) is 6.01. The van der Waals surface area contributed by atoms with Gasteiger partial charge >= 0.3 is 0 Å². The minimum absolute atomic E-state index is 0.228. The zero-order valence-corrected chi connectivity index (χ0v) is 21.9. The van der Waals surface area contributed by atoms with Gasteiger partial charge in [0.15, 0.2) is 11.6 Å². The normalized spacial score (nSPS) is 17.4. The summed E-state index contributed by atoms with van der Waals surface area (Å²) < 4.78 is 55.5. The number of rotatable bonds is 11. The lowest BCUT2D eigenvalue weighted by Crippen LogP contribution is -2.34. The quantitative estimate of drug-likeness (QED) is 0.339. The van der Waals surface area contributed by atoms with E-state index in [2.05, 4.69) is 24.9 Å². The number of aromatic nitrogens is 5. The number of benzene rings is 1. The Morgan fingerprint density at radius 2 is 1.78 bits per heavy atom. The molecule has 13 nitrogen and oxygen atoms in total. The minimum Gasteiger partial charge on any atom is -0.494 e. The molecular formula is C23H30N6O7S. The van der Waals surface area contributed by atoms with Crippen LogP contribution in [0.15, 0.2) is 30.6 Å². The lowest BCUT2D eigenvalue weighted by Gasteiger charge is -2.25. The standard InChI is InChI=1S/C23H30N6O7S/c1-14(28-37(30)31)16(22-24-11-15(32-2)12-25-22)10-20-26-27-23(19-13-35-8-9-36-19)29(20)21-17(33-3)6-5-7-18(21)34-4/h5-7,11-12,14,16,19,37H,8-10,13H2,1-4H3,(H,28,30,31)/t14-,16-,19+/m1/s1. The summed E-state index contributed by atoms with van der Waals surface area (Å²) in [5, 5.41) is 8.94. The van der Waals surface area contributed by atoms with E-state index in [4.69, 9.17) is 23.7 Å². The van der Waals surface area contributed by atoms with Crippen LogP contribution < -0.4 is 18.9 Å². The second-order valence-electron chi connectivity index (χ2n) is 8.22. The maximum atomic E-state index is 11.5. The molecular weight excluding hydrogens is 504 g/mol. The first-order chi connectivity index (χ1) is 18.0. The van der Waals surface area contributed by atoms with Crippen molar-refractivity contribution in [1.29, 1.82) is 0 Å². The Morgan fingerprint density at radius 3 is 2.35 bits per heavy atom. The molecule has 2 aromatic heterocycles. The summed E-state index contributed by atoms with van der Waals surface area (Å²) in [6, 6.07) is 4.87. The molecule has 0 saturated carbocycles. The molecule has 3 atom stereocenters. The first-order valence-corrected chi connectivity index (χ1v) is 12.8. The molecule has 0 unspecified atom stereocenters. The Balaban J connectivity index is 1.85. The van der Waals surface area contributed by atoms with Crippen molar-refractivity contribution in [3.8, 4) is 22.9 Å². The lowest BCUT2D eigenvalue weighted by atomic mass is 9.96. The van der Waals surface area contributed by atoms with E-state index in [1.165, 1.54) is 19.5 Å². The van der Waals surface area contributed by atoms with E-state index in [-0.39, 0.29) is 6.42 Å². The van der Waals surface area contributed by atoms with Gasteiger partial charge in [0.25, 0.3) is 0 Å². The van der Waals surface area contributed by atoms with Gasteiger partial charge in [-0.15, -0.1) is 10.2 Å². The minimum atomic E-state index is -2.87. The van der Waals surface area contributed by atoms with Gasteiger partial charge in [-0.3, -0.25) is 4.57 Å². The van der Waals surface area contributed by atoms with Crippen molar-refractivity contribution in [2.45, 2.75) is 31.4 Å². The summed E-state index contributed by atoms with van der Waals surface area (Å²) in [4.78, 5) is 8.83. The van der Waals surface area contributed by atoms with Crippen LogP contribution >= 0.6 is 0 Å². The number of para-hydroxylation sites is 1. The Kier molecular flexibility index (Phi) is 8.87. The highest BCUT2D eigenvalue weighted by molar-refractivity contribution is 7.70. The van der Waals surface area contributed by atoms with Crippen LogP contribution in [0.4, 0.5) is 0 Å². The number of ether oxygens (including phenoxy) is 5. The van der Waals surface area contributed by atoms with Gasteiger partial charge in [0.05, 0.1) is 53.5 Å². The summed E-state index contributed by atoms with van der Waals surface area (Å²) in [5.74, 6) is 2.47. The van der Waals surface area contributed by atoms with Crippen molar-refractivity contribution < 1.29 is 32.1 Å². The van der Waals surface area contributed by atoms with E-state index in [0.29, 0.717) is 60.2 Å². The first kappa shape index (κ1) is 26.7. The van der Waals surface area contributed by atoms with Gasteiger partial charge in [-0.05, 0) is 19.1 Å². The first-order valence-electron chi connectivity index (χ1n) is 11.6. The van der Waals surface area contributed by atoms with Crippen LogP contribution in [0.1, 0.15) is 36.4 Å². The van der Waals surface area contributed by atoms with Crippen molar-refractivity contribution in [2.24, 2.45) is 0 Å². The molecule has 37 heavy (non-hydrogen) atoms. The monoisotopic (exact) mass is 534 g/mol. The Hall–Kier alpha value is -3.33. The maximum Gasteiger partial charge on any atom is 0.201 e. The zero-order valence-electron chi connectivity index (χ0n) is 21.0. The summed E-state index contributed by atoms with van der Waals surface area (Å²) in [6.45, 7) is 2.95. The molecule has 1 fully saturated rings. The van der Waals surface area contributed by atoms with E-state index in [1.54, 1.807) is 33.3 Å². The van der Waals surface area contributed by atoms with Crippen molar-refractivity contribution in [3.05, 3.63) is 48.1 Å². The molecule has 4 rings (SSSR count). The van der Waals surface area contributed by atoms with Crippen LogP contribution in [0.5, 0.6) is 17.2 Å². The van der Waals surface area contributed by atoms with E-state index in [9.17, 15) is 8.42 Å². The maximum absolute atomic E-state index is 11.5. The molecule has 14 heteroatoms. The number of hydrogen-bond donors (Lipinski definition) is 2. The highest BCUT2D eigenvalue weighted by Gasteiger charge is 2.32. The molecule has 1 saturated heterocycles. The molecule has 1 aromatic carbocycles. The molecule has 200 valence electrons. The third-order valence-corrected chi connectivity index (χ3v) is 6.63. The van der Waals surface area contributed by atoms with Crippen LogP contribution in [0.2, 0.25) is 0 Å². The van der Waals surface area contributed by atoms with Gasteiger partial charge in [-0.25, -0.2) is 23.1 Å². The molecule has 3 heterocycles. The molecule has 0 bridgehead atoms. The average Bonchev–Trinajstić information content (AvgIpc) is 3.34. The smallest absolute Gasteiger partial charge is 0.201 e. The fraction of sp³-hybridized carbons (Fsp3) is 0.478. The number of hydrogen-bond acceptors (Lipinski definition) is 11. The molecule has 0 amide bonds. The third kappa shape index (κ3) is 5.98. The van der Waals surface area contributed by atoms with E-state index in [1.807, 2.05) is 10.6 Å². The molecule has 1 aliphatic heterocycles. The Morgan fingerprint density at radius 1 is 1.08 bits per heavy atom. The molecule has 0 radical (unpaired) electrons. The van der Waals surface area contributed by atoms with E-state index < -0.39 is 29.0 Å². The largest absolute Gasteiger partial charge is 0.494 e.